The lowest BCUT2D eigenvalue weighted by atomic mass is 10.1. The van der Waals surface area contributed by atoms with E-state index in [4.69, 9.17) is 5.73 Å². The van der Waals surface area contributed by atoms with Gasteiger partial charge in [-0.05, 0) is 18.9 Å². The Morgan fingerprint density at radius 2 is 2.00 bits per heavy atom. The van der Waals surface area contributed by atoms with Crippen molar-refractivity contribution in [2.24, 2.45) is 5.73 Å². The summed E-state index contributed by atoms with van der Waals surface area (Å²) >= 11 is 0. The summed E-state index contributed by atoms with van der Waals surface area (Å²) in [5.41, 5.74) is 5.80. The molecule has 2 N–H and O–H groups in total. The molecule has 1 fully saturated rings. The maximum absolute atomic E-state index is 11.3. The van der Waals surface area contributed by atoms with Gasteiger partial charge in [-0.1, -0.05) is 6.07 Å². The van der Waals surface area contributed by atoms with Gasteiger partial charge in [0.1, 0.15) is 5.69 Å². The SMILES string of the molecule is NC(=O)c1cccc([N+](=O)[O-])c1N1CCCC1. The largest absolute Gasteiger partial charge is 0.366 e. The fourth-order valence-electron chi connectivity index (χ4n) is 2.15. The van der Waals surface area contributed by atoms with Crippen LogP contribution in [0.15, 0.2) is 18.2 Å². The molecule has 1 aliphatic rings. The van der Waals surface area contributed by atoms with E-state index in [2.05, 4.69) is 0 Å². The average Bonchev–Trinajstić information content (AvgIpc) is 2.80. The predicted molar refractivity (Wildman–Crippen MR) is 63.1 cm³/mol. The van der Waals surface area contributed by atoms with Crippen molar-refractivity contribution < 1.29 is 9.72 Å². The summed E-state index contributed by atoms with van der Waals surface area (Å²) in [4.78, 5) is 23.7. The summed E-state index contributed by atoms with van der Waals surface area (Å²) in [6.07, 6.45) is 1.95. The van der Waals surface area contributed by atoms with Gasteiger partial charge in [-0.25, -0.2) is 0 Å². The van der Waals surface area contributed by atoms with E-state index >= 15 is 0 Å². The molecule has 0 saturated carbocycles. The number of hydrogen-bond donors (Lipinski definition) is 1. The highest BCUT2D eigenvalue weighted by molar-refractivity contribution is 6.00. The number of amides is 1. The first-order valence-electron chi connectivity index (χ1n) is 5.43. The molecule has 1 saturated heterocycles. The van der Waals surface area contributed by atoms with Gasteiger partial charge in [-0.2, -0.15) is 0 Å². The van der Waals surface area contributed by atoms with Gasteiger partial charge in [0.15, 0.2) is 0 Å². The molecular formula is C11H13N3O3. The minimum absolute atomic E-state index is 0.0526. The number of nitrogens with zero attached hydrogens (tertiary/aromatic N) is 2. The van der Waals surface area contributed by atoms with Gasteiger partial charge in [-0.3, -0.25) is 14.9 Å². The Labute approximate surface area is 98.2 Å². The topological polar surface area (TPSA) is 89.5 Å². The zero-order valence-corrected chi connectivity index (χ0v) is 9.26. The smallest absolute Gasteiger partial charge is 0.293 e. The number of rotatable bonds is 3. The number of carbonyl (C=O) groups excluding carboxylic acids is 1. The summed E-state index contributed by atoms with van der Waals surface area (Å²) in [6, 6.07) is 4.42. The maximum atomic E-state index is 11.3. The minimum Gasteiger partial charge on any atom is -0.366 e. The van der Waals surface area contributed by atoms with Crippen molar-refractivity contribution >= 4 is 17.3 Å². The minimum atomic E-state index is -0.629. The van der Waals surface area contributed by atoms with E-state index in [0.717, 1.165) is 25.9 Å². The third-order valence-electron chi connectivity index (χ3n) is 2.90. The van der Waals surface area contributed by atoms with Gasteiger partial charge in [0.2, 0.25) is 0 Å². The van der Waals surface area contributed by atoms with Gasteiger partial charge in [0.25, 0.3) is 11.6 Å². The molecule has 1 amide bonds. The Kier molecular flexibility index (Phi) is 2.95. The number of benzene rings is 1. The predicted octanol–water partition coefficient (Wildman–Crippen LogP) is 1.29. The van der Waals surface area contributed by atoms with Crippen LogP contribution in [0.4, 0.5) is 11.4 Å². The van der Waals surface area contributed by atoms with E-state index in [-0.39, 0.29) is 11.3 Å². The van der Waals surface area contributed by atoms with Crippen LogP contribution in [0, 0.1) is 10.1 Å². The Bertz CT molecular complexity index is 435. The summed E-state index contributed by atoms with van der Waals surface area (Å²) in [5, 5.41) is 11.0. The molecule has 0 bridgehead atoms. The number of primary amides is 1. The zero-order chi connectivity index (χ0) is 12.4. The number of para-hydroxylation sites is 1. The van der Waals surface area contributed by atoms with Crippen LogP contribution in [-0.2, 0) is 0 Å². The average molecular weight is 235 g/mol. The van der Waals surface area contributed by atoms with E-state index in [9.17, 15) is 14.9 Å². The van der Waals surface area contributed by atoms with Crippen LogP contribution >= 0.6 is 0 Å². The van der Waals surface area contributed by atoms with Gasteiger partial charge >= 0.3 is 0 Å². The molecule has 0 atom stereocenters. The fraction of sp³-hybridized carbons (Fsp3) is 0.364. The van der Waals surface area contributed by atoms with Gasteiger partial charge in [0, 0.05) is 19.2 Å². The van der Waals surface area contributed by atoms with Crippen molar-refractivity contribution in [3.05, 3.63) is 33.9 Å². The number of nitrogens with two attached hydrogens (primary N) is 1. The van der Waals surface area contributed by atoms with Gasteiger partial charge in [0.05, 0.1) is 10.5 Å². The third kappa shape index (κ3) is 2.06. The normalized spacial score (nSPS) is 14.9. The van der Waals surface area contributed by atoms with Crippen molar-refractivity contribution in [2.45, 2.75) is 12.8 Å². The molecule has 0 unspecified atom stereocenters. The quantitative estimate of drug-likeness (QED) is 0.631. The number of nitro groups is 1. The molecule has 1 heterocycles. The number of hydrogen-bond acceptors (Lipinski definition) is 4. The molecule has 0 spiro atoms. The van der Waals surface area contributed by atoms with Crippen LogP contribution in [0.3, 0.4) is 0 Å². The molecule has 1 aromatic carbocycles. The lowest BCUT2D eigenvalue weighted by molar-refractivity contribution is -0.384. The summed E-state index contributed by atoms with van der Waals surface area (Å²) < 4.78 is 0. The molecule has 2 rings (SSSR count). The zero-order valence-electron chi connectivity index (χ0n) is 9.26. The van der Waals surface area contributed by atoms with Crippen LogP contribution in [-0.4, -0.2) is 23.9 Å². The molecule has 90 valence electrons. The van der Waals surface area contributed by atoms with Crippen LogP contribution in [0.25, 0.3) is 0 Å². The second kappa shape index (κ2) is 4.40. The molecule has 17 heavy (non-hydrogen) atoms. The van der Waals surface area contributed by atoms with Crippen molar-refractivity contribution in [1.29, 1.82) is 0 Å². The van der Waals surface area contributed by atoms with Crippen molar-refractivity contribution in [1.82, 2.24) is 0 Å². The summed E-state index contributed by atoms with van der Waals surface area (Å²) in [6.45, 7) is 1.45. The van der Waals surface area contributed by atoms with E-state index < -0.39 is 10.8 Å². The molecule has 6 nitrogen and oxygen atoms in total. The van der Waals surface area contributed by atoms with Crippen LogP contribution in [0.1, 0.15) is 23.2 Å². The van der Waals surface area contributed by atoms with Gasteiger partial charge in [-0.15, -0.1) is 0 Å². The molecule has 1 aromatic rings. The number of carbonyl (C=O) groups is 1. The first-order valence-corrected chi connectivity index (χ1v) is 5.43. The van der Waals surface area contributed by atoms with E-state index in [1.807, 2.05) is 4.90 Å². The van der Waals surface area contributed by atoms with E-state index in [1.165, 1.54) is 18.2 Å². The summed E-state index contributed by atoms with van der Waals surface area (Å²) in [5.74, 6) is -0.629. The first-order chi connectivity index (χ1) is 8.11. The molecule has 0 aliphatic carbocycles. The molecular weight excluding hydrogens is 222 g/mol. The molecule has 6 heteroatoms. The molecule has 0 radical (unpaired) electrons. The first kappa shape index (κ1) is 11.4. The van der Waals surface area contributed by atoms with E-state index in [1.54, 1.807) is 0 Å². The fourth-order valence-corrected chi connectivity index (χ4v) is 2.15. The van der Waals surface area contributed by atoms with Crippen LogP contribution in [0.2, 0.25) is 0 Å². The highest BCUT2D eigenvalue weighted by Crippen LogP contribution is 2.33. The second-order valence-corrected chi connectivity index (χ2v) is 3.99. The second-order valence-electron chi connectivity index (χ2n) is 3.99. The maximum Gasteiger partial charge on any atom is 0.293 e. The lowest BCUT2D eigenvalue weighted by Crippen LogP contribution is -2.24. The van der Waals surface area contributed by atoms with Gasteiger partial charge < -0.3 is 10.6 Å². The Balaban J connectivity index is 2.57. The highest BCUT2D eigenvalue weighted by atomic mass is 16.6. The number of anilines is 1. The highest BCUT2D eigenvalue weighted by Gasteiger charge is 2.26. The van der Waals surface area contributed by atoms with Crippen LogP contribution < -0.4 is 10.6 Å². The third-order valence-corrected chi connectivity index (χ3v) is 2.90. The Morgan fingerprint density at radius 1 is 1.35 bits per heavy atom. The number of nitro benzene ring substituents is 1. The van der Waals surface area contributed by atoms with Crippen molar-refractivity contribution in [3.8, 4) is 0 Å². The van der Waals surface area contributed by atoms with Crippen LogP contribution in [0.5, 0.6) is 0 Å². The van der Waals surface area contributed by atoms with E-state index in [0.29, 0.717) is 5.69 Å². The Hall–Kier alpha value is -2.11. The molecule has 0 aromatic heterocycles. The standard InChI is InChI=1S/C11H13N3O3/c12-11(15)8-4-3-5-9(14(16)17)10(8)13-6-1-2-7-13/h3-5H,1-2,6-7H2,(H2,12,15). The monoisotopic (exact) mass is 235 g/mol. The summed E-state index contributed by atoms with van der Waals surface area (Å²) in [7, 11) is 0. The Morgan fingerprint density at radius 3 is 2.53 bits per heavy atom. The van der Waals surface area contributed by atoms with Crippen molar-refractivity contribution in [3.63, 3.8) is 0 Å². The lowest BCUT2D eigenvalue weighted by Gasteiger charge is -2.19. The van der Waals surface area contributed by atoms with Crippen molar-refractivity contribution in [2.75, 3.05) is 18.0 Å². The molecule has 1 aliphatic heterocycles.